The first-order valence-electron chi connectivity index (χ1n) is 10.4. The SMILES string of the molecule is O=C1NC(=O)N(c2cccc(Cl)c2)C(=O)/C1=C\c1ccc2c(ccn2Cc2cccc(F)c2)c1. The van der Waals surface area contributed by atoms with Crippen LogP contribution in [0.25, 0.3) is 17.0 Å². The van der Waals surface area contributed by atoms with Gasteiger partial charge in [-0.05, 0) is 65.7 Å². The van der Waals surface area contributed by atoms with Gasteiger partial charge in [0.25, 0.3) is 11.8 Å². The Bertz CT molecular complexity index is 1510. The number of hydrogen-bond donors (Lipinski definition) is 1. The van der Waals surface area contributed by atoms with Gasteiger partial charge in [-0.15, -0.1) is 0 Å². The van der Waals surface area contributed by atoms with Gasteiger partial charge in [0.15, 0.2) is 0 Å². The molecule has 168 valence electrons. The van der Waals surface area contributed by atoms with Crippen LogP contribution in [0.3, 0.4) is 0 Å². The number of urea groups is 1. The smallest absolute Gasteiger partial charge is 0.335 e. The van der Waals surface area contributed by atoms with E-state index >= 15 is 0 Å². The van der Waals surface area contributed by atoms with Crippen LogP contribution < -0.4 is 10.2 Å². The van der Waals surface area contributed by atoms with Crippen molar-refractivity contribution in [2.75, 3.05) is 4.90 Å². The van der Waals surface area contributed by atoms with Crippen molar-refractivity contribution in [2.45, 2.75) is 6.54 Å². The molecule has 1 saturated heterocycles. The van der Waals surface area contributed by atoms with Gasteiger partial charge in [0.1, 0.15) is 11.4 Å². The number of hydrogen-bond acceptors (Lipinski definition) is 3. The van der Waals surface area contributed by atoms with E-state index in [1.807, 2.05) is 35.0 Å². The number of aromatic nitrogens is 1. The first kappa shape index (κ1) is 21.6. The second kappa shape index (κ2) is 8.61. The monoisotopic (exact) mass is 473 g/mol. The molecule has 2 heterocycles. The molecule has 4 aromatic rings. The largest absolute Gasteiger partial charge is 0.343 e. The molecule has 1 aromatic heterocycles. The molecular formula is C26H17ClFN3O3. The van der Waals surface area contributed by atoms with Crippen LogP contribution in [0, 0.1) is 5.82 Å². The number of rotatable bonds is 4. The number of fused-ring (bicyclic) bond motifs is 1. The fourth-order valence-corrected chi connectivity index (χ4v) is 4.14. The third kappa shape index (κ3) is 4.09. The molecule has 34 heavy (non-hydrogen) atoms. The summed E-state index contributed by atoms with van der Waals surface area (Å²) in [6.45, 7) is 0.499. The second-order valence-electron chi connectivity index (χ2n) is 7.83. The Balaban J connectivity index is 1.46. The Morgan fingerprint density at radius 2 is 1.76 bits per heavy atom. The minimum atomic E-state index is -0.834. The highest BCUT2D eigenvalue weighted by Gasteiger charge is 2.36. The van der Waals surface area contributed by atoms with Crippen LogP contribution in [0.2, 0.25) is 5.02 Å². The predicted octanol–water partition coefficient (Wildman–Crippen LogP) is 5.15. The van der Waals surface area contributed by atoms with E-state index in [0.717, 1.165) is 21.4 Å². The van der Waals surface area contributed by atoms with Crippen LogP contribution in [-0.2, 0) is 16.1 Å². The van der Waals surface area contributed by atoms with Crippen LogP contribution in [-0.4, -0.2) is 22.4 Å². The highest BCUT2D eigenvalue weighted by atomic mass is 35.5. The summed E-state index contributed by atoms with van der Waals surface area (Å²) >= 11 is 6.00. The van der Waals surface area contributed by atoms with E-state index in [1.165, 1.54) is 24.3 Å². The number of benzene rings is 3. The maximum absolute atomic E-state index is 13.5. The maximum Gasteiger partial charge on any atom is 0.335 e. The van der Waals surface area contributed by atoms with Gasteiger partial charge in [0.2, 0.25) is 0 Å². The van der Waals surface area contributed by atoms with Gasteiger partial charge >= 0.3 is 6.03 Å². The Hall–Kier alpha value is -4.23. The summed E-state index contributed by atoms with van der Waals surface area (Å²) < 4.78 is 15.5. The third-order valence-electron chi connectivity index (χ3n) is 5.52. The van der Waals surface area contributed by atoms with Gasteiger partial charge in [-0.25, -0.2) is 14.1 Å². The summed E-state index contributed by atoms with van der Waals surface area (Å²) in [6.07, 6.45) is 3.34. The zero-order valence-corrected chi connectivity index (χ0v) is 18.4. The number of nitrogens with one attached hydrogen (secondary N) is 1. The van der Waals surface area contributed by atoms with Gasteiger partial charge in [0.05, 0.1) is 5.69 Å². The quantitative estimate of drug-likeness (QED) is 0.329. The number of imide groups is 2. The number of halogens is 2. The molecule has 8 heteroatoms. The summed E-state index contributed by atoms with van der Waals surface area (Å²) in [5.41, 5.74) is 2.46. The lowest BCUT2D eigenvalue weighted by molar-refractivity contribution is -0.122. The van der Waals surface area contributed by atoms with E-state index in [1.54, 1.807) is 30.3 Å². The van der Waals surface area contributed by atoms with Crippen molar-refractivity contribution < 1.29 is 18.8 Å². The van der Waals surface area contributed by atoms with Crippen molar-refractivity contribution >= 4 is 52.1 Å². The summed E-state index contributed by atoms with van der Waals surface area (Å²) in [7, 11) is 0. The molecule has 0 bridgehead atoms. The van der Waals surface area contributed by atoms with Crippen molar-refractivity contribution in [3.63, 3.8) is 0 Å². The van der Waals surface area contributed by atoms with Crippen LogP contribution in [0.15, 0.2) is 84.6 Å². The van der Waals surface area contributed by atoms with E-state index in [9.17, 15) is 18.8 Å². The predicted molar refractivity (Wildman–Crippen MR) is 128 cm³/mol. The van der Waals surface area contributed by atoms with Gasteiger partial charge in [-0.3, -0.25) is 14.9 Å². The molecule has 6 nitrogen and oxygen atoms in total. The summed E-state index contributed by atoms with van der Waals surface area (Å²) in [6, 6.07) is 19.2. The zero-order valence-electron chi connectivity index (χ0n) is 17.7. The Morgan fingerprint density at radius 1 is 0.941 bits per heavy atom. The van der Waals surface area contributed by atoms with Crippen LogP contribution in [0.4, 0.5) is 14.9 Å². The topological polar surface area (TPSA) is 71.4 Å². The molecule has 5 rings (SSSR count). The van der Waals surface area contributed by atoms with Crippen molar-refractivity contribution in [3.8, 4) is 0 Å². The number of carbonyl (C=O) groups is 3. The van der Waals surface area contributed by atoms with Gasteiger partial charge in [-0.2, -0.15) is 0 Å². The van der Waals surface area contributed by atoms with Gasteiger partial charge in [0, 0.05) is 28.7 Å². The van der Waals surface area contributed by atoms with Gasteiger partial charge in [-0.1, -0.05) is 35.9 Å². The number of amides is 4. The number of nitrogens with zero attached hydrogens (tertiary/aromatic N) is 2. The zero-order chi connectivity index (χ0) is 23.8. The fourth-order valence-electron chi connectivity index (χ4n) is 3.95. The van der Waals surface area contributed by atoms with E-state index < -0.39 is 17.8 Å². The lowest BCUT2D eigenvalue weighted by atomic mass is 10.1. The van der Waals surface area contributed by atoms with Crippen LogP contribution in [0.5, 0.6) is 0 Å². The highest BCUT2D eigenvalue weighted by molar-refractivity contribution is 6.39. The summed E-state index contributed by atoms with van der Waals surface area (Å²) in [5, 5.41) is 3.44. The van der Waals surface area contributed by atoms with Crippen molar-refractivity contribution in [2.24, 2.45) is 0 Å². The molecule has 1 N–H and O–H groups in total. The van der Waals surface area contributed by atoms with Crippen LogP contribution >= 0.6 is 11.6 Å². The maximum atomic E-state index is 13.5. The average Bonchev–Trinajstić information content (AvgIpc) is 3.18. The Kier molecular flexibility index (Phi) is 5.47. The molecule has 0 aliphatic carbocycles. The van der Waals surface area contributed by atoms with E-state index in [2.05, 4.69) is 5.32 Å². The molecule has 3 aromatic carbocycles. The molecule has 0 radical (unpaired) electrons. The molecule has 0 saturated carbocycles. The first-order valence-corrected chi connectivity index (χ1v) is 10.8. The first-order chi connectivity index (χ1) is 16.4. The molecule has 1 aliphatic heterocycles. The molecule has 0 atom stereocenters. The van der Waals surface area contributed by atoms with Crippen LogP contribution in [0.1, 0.15) is 11.1 Å². The minimum Gasteiger partial charge on any atom is -0.343 e. The molecule has 1 fully saturated rings. The van der Waals surface area contributed by atoms with E-state index in [4.69, 9.17) is 11.6 Å². The number of anilines is 1. The van der Waals surface area contributed by atoms with Gasteiger partial charge < -0.3 is 4.57 Å². The number of carbonyl (C=O) groups excluding carboxylic acids is 3. The lowest BCUT2D eigenvalue weighted by Gasteiger charge is -2.26. The van der Waals surface area contributed by atoms with E-state index in [0.29, 0.717) is 17.1 Å². The standard InChI is InChI=1S/C26H17ClFN3O3/c27-19-4-2-6-21(14-19)31-25(33)22(24(32)29-26(31)34)13-16-7-8-23-18(11-16)9-10-30(23)15-17-3-1-5-20(28)12-17/h1-14H,15H2,(H,29,32,34)/b22-13-. The van der Waals surface area contributed by atoms with Crippen molar-refractivity contribution in [1.82, 2.24) is 9.88 Å². The highest BCUT2D eigenvalue weighted by Crippen LogP contribution is 2.26. The lowest BCUT2D eigenvalue weighted by Crippen LogP contribution is -2.54. The van der Waals surface area contributed by atoms with E-state index in [-0.39, 0.29) is 17.1 Å². The molecule has 1 aliphatic rings. The minimum absolute atomic E-state index is 0.168. The molecule has 0 unspecified atom stereocenters. The third-order valence-corrected chi connectivity index (χ3v) is 5.75. The Morgan fingerprint density at radius 3 is 2.56 bits per heavy atom. The fraction of sp³-hybridized carbons (Fsp3) is 0.0385. The average molecular weight is 474 g/mol. The number of barbiturate groups is 1. The second-order valence-corrected chi connectivity index (χ2v) is 8.27. The summed E-state index contributed by atoms with van der Waals surface area (Å²) in [5.74, 6) is -1.79. The summed E-state index contributed by atoms with van der Waals surface area (Å²) in [4.78, 5) is 38.7. The van der Waals surface area contributed by atoms with Crippen molar-refractivity contribution in [3.05, 3.63) is 107 Å². The van der Waals surface area contributed by atoms with Crippen molar-refractivity contribution in [1.29, 1.82) is 0 Å². The molecule has 0 spiro atoms. The Labute approximate surface area is 198 Å². The normalized spacial score (nSPS) is 15.3. The molecular weight excluding hydrogens is 457 g/mol. The molecule has 4 amide bonds.